The normalized spacial score (nSPS) is 10.5. The van der Waals surface area contributed by atoms with E-state index in [1.54, 1.807) is 12.1 Å². The number of hydrogen-bond acceptors (Lipinski definition) is 3. The Balaban J connectivity index is 2.22. The molecule has 0 bridgehead atoms. The van der Waals surface area contributed by atoms with Gasteiger partial charge < -0.3 is 10.1 Å². The molecule has 1 aromatic heterocycles. The van der Waals surface area contributed by atoms with Gasteiger partial charge in [0.1, 0.15) is 5.82 Å². The van der Waals surface area contributed by atoms with Gasteiger partial charge in [-0.1, -0.05) is 23.7 Å². The van der Waals surface area contributed by atoms with Crippen LogP contribution < -0.4 is 0 Å². The summed E-state index contributed by atoms with van der Waals surface area (Å²) in [6, 6.07) is 5.79. The molecular weight excluding hydrogens is 249 g/mol. The lowest BCUT2D eigenvalue weighted by atomic mass is 10.2. The van der Waals surface area contributed by atoms with E-state index in [0.717, 1.165) is 5.56 Å². The summed E-state index contributed by atoms with van der Waals surface area (Å²) in [5, 5.41) is 14.2. The smallest absolute Gasteiger partial charge is 0.358 e. The molecule has 0 atom stereocenters. The standard InChI is InChI=1S/C10H7ClFN3O2/c11-9-6-14(13-10(9)15(16)17)5-7-1-3-8(12)4-2-7/h1-4,6H,5H2. The molecule has 5 nitrogen and oxygen atoms in total. The molecule has 0 N–H and O–H groups in total. The highest BCUT2D eigenvalue weighted by Gasteiger charge is 2.18. The Morgan fingerprint density at radius 1 is 1.41 bits per heavy atom. The van der Waals surface area contributed by atoms with E-state index in [2.05, 4.69) is 5.10 Å². The molecule has 7 heteroatoms. The fourth-order valence-electron chi connectivity index (χ4n) is 1.37. The minimum atomic E-state index is -0.649. The monoisotopic (exact) mass is 255 g/mol. The summed E-state index contributed by atoms with van der Waals surface area (Å²) in [6.45, 7) is 0.299. The Morgan fingerprint density at radius 3 is 2.59 bits per heavy atom. The zero-order valence-corrected chi connectivity index (χ0v) is 9.26. The van der Waals surface area contributed by atoms with E-state index in [-0.39, 0.29) is 16.7 Å². The van der Waals surface area contributed by atoms with Crippen LogP contribution in [-0.2, 0) is 6.54 Å². The lowest BCUT2D eigenvalue weighted by Crippen LogP contribution is -2.01. The first kappa shape index (κ1) is 11.5. The lowest BCUT2D eigenvalue weighted by Gasteiger charge is -1.97. The molecule has 1 heterocycles. The van der Waals surface area contributed by atoms with Gasteiger partial charge in [0.05, 0.1) is 17.8 Å². The van der Waals surface area contributed by atoms with Crippen LogP contribution in [0.1, 0.15) is 5.56 Å². The van der Waals surface area contributed by atoms with Crippen LogP contribution in [0.3, 0.4) is 0 Å². The molecule has 1 aromatic carbocycles. The minimum Gasteiger partial charge on any atom is -0.358 e. The van der Waals surface area contributed by atoms with Crippen LogP contribution in [-0.4, -0.2) is 14.7 Å². The van der Waals surface area contributed by atoms with E-state index in [9.17, 15) is 14.5 Å². The van der Waals surface area contributed by atoms with E-state index in [1.165, 1.54) is 23.0 Å². The van der Waals surface area contributed by atoms with Gasteiger partial charge in [-0.05, 0) is 22.6 Å². The van der Waals surface area contributed by atoms with Gasteiger partial charge in [-0.2, -0.15) is 4.68 Å². The molecule has 17 heavy (non-hydrogen) atoms. The summed E-state index contributed by atoms with van der Waals surface area (Å²) in [5.74, 6) is -0.716. The van der Waals surface area contributed by atoms with Crippen LogP contribution in [0.5, 0.6) is 0 Å². The van der Waals surface area contributed by atoms with Crippen molar-refractivity contribution in [3.8, 4) is 0 Å². The summed E-state index contributed by atoms with van der Waals surface area (Å²) < 4.78 is 14.0. The first-order valence-electron chi connectivity index (χ1n) is 4.68. The Bertz CT molecular complexity index is 553. The average Bonchev–Trinajstić information content (AvgIpc) is 2.63. The highest BCUT2D eigenvalue weighted by atomic mass is 35.5. The van der Waals surface area contributed by atoms with Gasteiger partial charge in [0.25, 0.3) is 0 Å². The zero-order chi connectivity index (χ0) is 12.4. The van der Waals surface area contributed by atoms with E-state index >= 15 is 0 Å². The molecule has 0 unspecified atom stereocenters. The summed E-state index contributed by atoms with van der Waals surface area (Å²) in [4.78, 5) is 9.88. The summed E-state index contributed by atoms with van der Waals surface area (Å²) in [5.41, 5.74) is 0.778. The highest BCUT2D eigenvalue weighted by Crippen LogP contribution is 2.21. The molecular formula is C10H7ClFN3O2. The number of hydrogen-bond donors (Lipinski definition) is 0. The van der Waals surface area contributed by atoms with Gasteiger partial charge in [0.15, 0.2) is 5.02 Å². The predicted molar refractivity (Wildman–Crippen MR) is 59.4 cm³/mol. The Hall–Kier alpha value is -1.95. The maximum atomic E-state index is 12.7. The Labute approximate surface area is 101 Å². The van der Waals surface area contributed by atoms with Crippen LogP contribution in [0.2, 0.25) is 5.02 Å². The number of benzene rings is 1. The largest absolute Gasteiger partial charge is 0.408 e. The topological polar surface area (TPSA) is 61.0 Å². The molecule has 2 aromatic rings. The molecule has 0 saturated heterocycles. The second-order valence-electron chi connectivity index (χ2n) is 3.38. The first-order valence-corrected chi connectivity index (χ1v) is 5.06. The molecule has 88 valence electrons. The maximum absolute atomic E-state index is 12.7. The molecule has 2 rings (SSSR count). The lowest BCUT2D eigenvalue weighted by molar-refractivity contribution is -0.389. The third-order valence-electron chi connectivity index (χ3n) is 2.13. The Kier molecular flexibility index (Phi) is 3.06. The van der Waals surface area contributed by atoms with E-state index in [0.29, 0.717) is 6.54 Å². The molecule has 0 radical (unpaired) electrons. The first-order chi connectivity index (χ1) is 8.06. The second-order valence-corrected chi connectivity index (χ2v) is 3.79. The molecule has 0 aliphatic heterocycles. The van der Waals surface area contributed by atoms with Crippen molar-refractivity contribution in [3.63, 3.8) is 0 Å². The van der Waals surface area contributed by atoms with Gasteiger partial charge in [0.2, 0.25) is 0 Å². The molecule has 0 saturated carbocycles. The van der Waals surface area contributed by atoms with E-state index in [1.807, 2.05) is 0 Å². The number of rotatable bonds is 3. The van der Waals surface area contributed by atoms with Crippen molar-refractivity contribution < 1.29 is 9.31 Å². The number of aromatic nitrogens is 2. The fraction of sp³-hybridized carbons (Fsp3) is 0.100. The Morgan fingerprint density at radius 2 is 2.06 bits per heavy atom. The van der Waals surface area contributed by atoms with Crippen LogP contribution >= 0.6 is 11.6 Å². The number of nitro groups is 1. The van der Waals surface area contributed by atoms with Crippen molar-refractivity contribution in [1.29, 1.82) is 0 Å². The van der Waals surface area contributed by atoms with Crippen LogP contribution in [0.15, 0.2) is 30.5 Å². The summed E-state index contributed by atoms with van der Waals surface area (Å²) in [6.07, 6.45) is 1.36. The van der Waals surface area contributed by atoms with E-state index < -0.39 is 4.92 Å². The summed E-state index contributed by atoms with van der Waals surface area (Å²) in [7, 11) is 0. The van der Waals surface area contributed by atoms with Gasteiger partial charge in [-0.3, -0.25) is 0 Å². The average molecular weight is 256 g/mol. The molecule has 0 aliphatic rings. The SMILES string of the molecule is O=[N+]([O-])c1nn(Cc2ccc(F)cc2)cc1Cl. The fourth-order valence-corrected chi connectivity index (χ4v) is 1.59. The van der Waals surface area contributed by atoms with Crippen LogP contribution in [0, 0.1) is 15.9 Å². The van der Waals surface area contributed by atoms with E-state index in [4.69, 9.17) is 11.6 Å². The maximum Gasteiger partial charge on any atom is 0.408 e. The van der Waals surface area contributed by atoms with Gasteiger partial charge in [0, 0.05) is 0 Å². The quantitative estimate of drug-likeness (QED) is 0.626. The zero-order valence-electron chi connectivity index (χ0n) is 8.51. The summed E-state index contributed by atoms with van der Waals surface area (Å²) >= 11 is 5.65. The number of halogens is 2. The molecule has 0 aliphatic carbocycles. The molecule has 0 amide bonds. The number of nitrogens with zero attached hydrogens (tertiary/aromatic N) is 3. The van der Waals surface area contributed by atoms with Crippen molar-refractivity contribution in [2.45, 2.75) is 6.54 Å². The van der Waals surface area contributed by atoms with Gasteiger partial charge in [-0.15, -0.1) is 0 Å². The third-order valence-corrected chi connectivity index (χ3v) is 2.40. The minimum absolute atomic E-state index is 0.0166. The molecule has 0 spiro atoms. The van der Waals surface area contributed by atoms with Gasteiger partial charge >= 0.3 is 5.82 Å². The van der Waals surface area contributed by atoms with Crippen molar-refractivity contribution in [3.05, 3.63) is 57.0 Å². The highest BCUT2D eigenvalue weighted by molar-refractivity contribution is 6.32. The van der Waals surface area contributed by atoms with Crippen molar-refractivity contribution in [1.82, 2.24) is 9.78 Å². The van der Waals surface area contributed by atoms with Crippen LogP contribution in [0.25, 0.3) is 0 Å². The van der Waals surface area contributed by atoms with Crippen molar-refractivity contribution in [2.75, 3.05) is 0 Å². The van der Waals surface area contributed by atoms with Gasteiger partial charge in [-0.25, -0.2) is 4.39 Å². The predicted octanol–water partition coefficient (Wildman–Crippen LogP) is 2.63. The molecule has 0 fully saturated rings. The van der Waals surface area contributed by atoms with Crippen molar-refractivity contribution >= 4 is 17.4 Å². The van der Waals surface area contributed by atoms with Crippen LogP contribution in [0.4, 0.5) is 10.2 Å². The second kappa shape index (κ2) is 4.50. The van der Waals surface area contributed by atoms with Crippen molar-refractivity contribution in [2.24, 2.45) is 0 Å². The third kappa shape index (κ3) is 2.59.